The van der Waals surface area contributed by atoms with Crippen molar-refractivity contribution in [1.82, 2.24) is 15.5 Å². The number of H-pyrrole nitrogens is 1. The number of nitrogens with one attached hydrogen (secondary N) is 2. The SMILES string of the molecule is O=C(NCc1n[nH]c2c1CCCCC2)[C@@H]1CCCO1. The second-order valence-corrected chi connectivity index (χ2v) is 5.41. The van der Waals surface area contributed by atoms with Crippen molar-refractivity contribution in [1.29, 1.82) is 0 Å². The molecule has 2 heterocycles. The van der Waals surface area contributed by atoms with Crippen LogP contribution >= 0.6 is 0 Å². The van der Waals surface area contributed by atoms with E-state index >= 15 is 0 Å². The summed E-state index contributed by atoms with van der Waals surface area (Å²) in [7, 11) is 0. The van der Waals surface area contributed by atoms with Gasteiger partial charge in [0.05, 0.1) is 12.2 Å². The fourth-order valence-corrected chi connectivity index (χ4v) is 2.94. The van der Waals surface area contributed by atoms with Crippen molar-refractivity contribution in [3.63, 3.8) is 0 Å². The first-order valence-corrected chi connectivity index (χ1v) is 7.29. The van der Waals surface area contributed by atoms with Crippen LogP contribution in [-0.2, 0) is 28.9 Å². The molecule has 1 saturated heterocycles. The monoisotopic (exact) mass is 263 g/mol. The normalized spacial score (nSPS) is 22.8. The second-order valence-electron chi connectivity index (χ2n) is 5.41. The number of aromatic amines is 1. The van der Waals surface area contributed by atoms with Crippen molar-refractivity contribution in [2.24, 2.45) is 0 Å². The van der Waals surface area contributed by atoms with Crippen LogP contribution in [0, 0.1) is 0 Å². The van der Waals surface area contributed by atoms with E-state index in [0.29, 0.717) is 13.2 Å². The smallest absolute Gasteiger partial charge is 0.249 e. The Bertz CT molecular complexity index is 450. The summed E-state index contributed by atoms with van der Waals surface area (Å²) in [5, 5.41) is 10.4. The highest BCUT2D eigenvalue weighted by Crippen LogP contribution is 2.21. The molecule has 0 saturated carbocycles. The first-order valence-electron chi connectivity index (χ1n) is 7.29. The van der Waals surface area contributed by atoms with Crippen LogP contribution in [0.1, 0.15) is 49.1 Å². The van der Waals surface area contributed by atoms with Gasteiger partial charge in [0.15, 0.2) is 0 Å². The van der Waals surface area contributed by atoms with E-state index in [9.17, 15) is 4.79 Å². The van der Waals surface area contributed by atoms with Crippen LogP contribution in [0.2, 0.25) is 0 Å². The molecule has 19 heavy (non-hydrogen) atoms. The highest BCUT2D eigenvalue weighted by Gasteiger charge is 2.24. The van der Waals surface area contributed by atoms with E-state index in [1.165, 1.54) is 30.5 Å². The van der Waals surface area contributed by atoms with Crippen molar-refractivity contribution in [3.05, 3.63) is 17.0 Å². The van der Waals surface area contributed by atoms with Crippen LogP contribution in [0.3, 0.4) is 0 Å². The fraction of sp³-hybridized carbons (Fsp3) is 0.714. The minimum Gasteiger partial charge on any atom is -0.368 e. The first kappa shape index (κ1) is 12.7. The first-order chi connectivity index (χ1) is 9.34. The lowest BCUT2D eigenvalue weighted by Gasteiger charge is -2.10. The number of carbonyl (C=O) groups is 1. The highest BCUT2D eigenvalue weighted by molar-refractivity contribution is 5.80. The fourth-order valence-electron chi connectivity index (χ4n) is 2.94. The van der Waals surface area contributed by atoms with Gasteiger partial charge in [-0.1, -0.05) is 6.42 Å². The summed E-state index contributed by atoms with van der Waals surface area (Å²) in [4.78, 5) is 11.9. The van der Waals surface area contributed by atoms with Crippen molar-refractivity contribution in [2.75, 3.05) is 6.61 Å². The molecule has 1 atom stereocenters. The van der Waals surface area contributed by atoms with Crippen LogP contribution < -0.4 is 5.32 Å². The zero-order valence-corrected chi connectivity index (χ0v) is 11.2. The van der Waals surface area contributed by atoms with Gasteiger partial charge in [-0.25, -0.2) is 0 Å². The van der Waals surface area contributed by atoms with Crippen molar-refractivity contribution in [3.8, 4) is 0 Å². The second kappa shape index (κ2) is 5.74. The standard InChI is InChI=1S/C14H21N3O2/c18-14(13-7-4-8-19-13)15-9-12-10-5-2-1-3-6-11(10)16-17-12/h13H,1-9H2,(H,15,18)(H,16,17)/t13-/m0/s1. The summed E-state index contributed by atoms with van der Waals surface area (Å²) < 4.78 is 5.38. The molecule has 0 aromatic carbocycles. The molecule has 1 aromatic heterocycles. The highest BCUT2D eigenvalue weighted by atomic mass is 16.5. The average molecular weight is 263 g/mol. The van der Waals surface area contributed by atoms with Gasteiger partial charge in [0, 0.05) is 12.3 Å². The summed E-state index contributed by atoms with van der Waals surface area (Å²) in [5.41, 5.74) is 3.59. The van der Waals surface area contributed by atoms with Gasteiger partial charge in [0.25, 0.3) is 0 Å². The van der Waals surface area contributed by atoms with E-state index in [1.54, 1.807) is 0 Å². The maximum absolute atomic E-state index is 11.9. The molecule has 2 N–H and O–H groups in total. The van der Waals surface area contributed by atoms with Gasteiger partial charge in [0.2, 0.25) is 5.91 Å². The Kier molecular flexibility index (Phi) is 3.82. The summed E-state index contributed by atoms with van der Waals surface area (Å²) in [6, 6.07) is 0. The molecule has 0 radical (unpaired) electrons. The maximum Gasteiger partial charge on any atom is 0.249 e. The third-order valence-corrected chi connectivity index (χ3v) is 4.04. The Morgan fingerprint density at radius 1 is 1.32 bits per heavy atom. The topological polar surface area (TPSA) is 67.0 Å². The summed E-state index contributed by atoms with van der Waals surface area (Å²) >= 11 is 0. The number of amides is 1. The lowest BCUT2D eigenvalue weighted by molar-refractivity contribution is -0.130. The number of hydrogen-bond donors (Lipinski definition) is 2. The predicted molar refractivity (Wildman–Crippen MR) is 70.7 cm³/mol. The summed E-state index contributed by atoms with van der Waals surface area (Å²) in [6.07, 6.45) is 7.47. The molecule has 104 valence electrons. The van der Waals surface area contributed by atoms with Gasteiger partial charge < -0.3 is 10.1 Å². The van der Waals surface area contributed by atoms with Crippen LogP contribution in [0.5, 0.6) is 0 Å². The number of carbonyl (C=O) groups excluding carboxylic acids is 1. The molecule has 1 aliphatic heterocycles. The third-order valence-electron chi connectivity index (χ3n) is 4.04. The molecule has 1 amide bonds. The van der Waals surface area contributed by atoms with Crippen LogP contribution in [0.15, 0.2) is 0 Å². The Labute approximate surface area is 113 Å². The van der Waals surface area contributed by atoms with Gasteiger partial charge in [0.1, 0.15) is 6.10 Å². The third kappa shape index (κ3) is 2.81. The minimum absolute atomic E-state index is 0.00266. The largest absolute Gasteiger partial charge is 0.368 e. The zero-order chi connectivity index (χ0) is 13.1. The van der Waals surface area contributed by atoms with Gasteiger partial charge in [-0.2, -0.15) is 5.10 Å². The van der Waals surface area contributed by atoms with E-state index in [4.69, 9.17) is 4.74 Å². The molecular weight excluding hydrogens is 242 g/mol. The van der Waals surface area contributed by atoms with Crippen LogP contribution in [-0.4, -0.2) is 28.8 Å². The van der Waals surface area contributed by atoms with Crippen LogP contribution in [0.25, 0.3) is 0 Å². The van der Waals surface area contributed by atoms with Crippen molar-refractivity contribution in [2.45, 2.75) is 57.6 Å². The number of aryl methyl sites for hydroxylation is 1. The Morgan fingerprint density at radius 2 is 2.21 bits per heavy atom. The predicted octanol–water partition coefficient (Wildman–Crippen LogP) is 1.47. The lowest BCUT2D eigenvalue weighted by atomic mass is 10.1. The lowest BCUT2D eigenvalue weighted by Crippen LogP contribution is -2.33. The molecule has 0 bridgehead atoms. The number of aromatic nitrogens is 2. The van der Waals surface area contributed by atoms with Gasteiger partial charge in [-0.05, 0) is 44.1 Å². The quantitative estimate of drug-likeness (QED) is 0.812. The molecule has 1 aliphatic carbocycles. The van der Waals surface area contributed by atoms with Gasteiger partial charge >= 0.3 is 0 Å². The average Bonchev–Trinajstić information content (AvgIpc) is 3.02. The van der Waals surface area contributed by atoms with E-state index in [2.05, 4.69) is 15.5 Å². The molecule has 2 aliphatic rings. The van der Waals surface area contributed by atoms with Gasteiger partial charge in [-0.3, -0.25) is 9.89 Å². The van der Waals surface area contributed by atoms with Crippen LogP contribution in [0.4, 0.5) is 0 Å². The Hall–Kier alpha value is -1.36. The van der Waals surface area contributed by atoms with Crippen molar-refractivity contribution >= 4 is 5.91 Å². The summed E-state index contributed by atoms with van der Waals surface area (Å²) in [5.74, 6) is 0.00266. The molecule has 0 unspecified atom stereocenters. The van der Waals surface area contributed by atoms with E-state index in [-0.39, 0.29) is 12.0 Å². The molecule has 1 aromatic rings. The molecule has 5 nitrogen and oxygen atoms in total. The number of nitrogens with zero attached hydrogens (tertiary/aromatic N) is 1. The van der Waals surface area contributed by atoms with E-state index in [0.717, 1.165) is 31.4 Å². The van der Waals surface area contributed by atoms with E-state index < -0.39 is 0 Å². The molecule has 3 rings (SSSR count). The number of fused-ring (bicyclic) bond motifs is 1. The number of hydrogen-bond acceptors (Lipinski definition) is 3. The molecule has 0 spiro atoms. The minimum atomic E-state index is -0.252. The molecule has 1 fully saturated rings. The molecular formula is C14H21N3O2. The zero-order valence-electron chi connectivity index (χ0n) is 11.2. The number of ether oxygens (including phenoxy) is 1. The maximum atomic E-state index is 11.9. The van der Waals surface area contributed by atoms with Gasteiger partial charge in [-0.15, -0.1) is 0 Å². The van der Waals surface area contributed by atoms with E-state index in [1.807, 2.05) is 0 Å². The molecule has 5 heteroatoms. The van der Waals surface area contributed by atoms with Crippen molar-refractivity contribution < 1.29 is 9.53 Å². The Morgan fingerprint density at radius 3 is 3.05 bits per heavy atom. The summed E-state index contributed by atoms with van der Waals surface area (Å²) in [6.45, 7) is 1.22. The Balaban J connectivity index is 1.60. The number of rotatable bonds is 3.